The van der Waals surface area contributed by atoms with Gasteiger partial charge in [-0.3, -0.25) is 14.4 Å². The van der Waals surface area contributed by atoms with Crippen molar-refractivity contribution in [1.29, 1.82) is 0 Å². The van der Waals surface area contributed by atoms with E-state index in [1.807, 2.05) is 0 Å². The van der Waals surface area contributed by atoms with Gasteiger partial charge in [-0.15, -0.1) is 0 Å². The van der Waals surface area contributed by atoms with Gasteiger partial charge >= 0.3 is 5.97 Å². The predicted octanol–water partition coefficient (Wildman–Crippen LogP) is 4.11. The molecule has 0 saturated heterocycles. The Morgan fingerprint density at radius 3 is 2.24 bits per heavy atom. The van der Waals surface area contributed by atoms with E-state index in [0.29, 0.717) is 25.7 Å². The van der Waals surface area contributed by atoms with Crippen LogP contribution in [-0.2, 0) is 16.0 Å². The summed E-state index contributed by atoms with van der Waals surface area (Å²) in [6, 6.07) is 4.06. The lowest BCUT2D eigenvalue weighted by Gasteiger charge is -2.26. The number of aryl methyl sites for hydroxylation is 1. The molecule has 6 nitrogen and oxygen atoms in total. The van der Waals surface area contributed by atoms with Crippen molar-refractivity contribution in [3.63, 3.8) is 0 Å². The largest absolute Gasteiger partial charge is 0.481 e. The number of nitrogens with one attached hydrogen (secondary N) is 2. The minimum Gasteiger partial charge on any atom is -0.481 e. The fourth-order valence-corrected chi connectivity index (χ4v) is 3.81. The monoisotopic (exact) mass is 466 g/mol. The van der Waals surface area contributed by atoms with Gasteiger partial charge in [-0.1, -0.05) is 0 Å². The molecule has 0 heterocycles. The molecule has 33 heavy (non-hydrogen) atoms. The third-order valence-electron chi connectivity index (χ3n) is 5.68. The number of carbonyl (C=O) groups excluding carboxylic acids is 2. The number of benzene rings is 2. The van der Waals surface area contributed by atoms with E-state index in [1.165, 1.54) is 19.1 Å². The standard InChI is InChI=1S/C23H22F4N2O4/c1-11-8-15(6-7-17(11)24)29-22(31)16-9-13(19(25)21(27)20(16)26)10-18(30)28-14-4-2-12(3-5-14)23(32)33/h6-9,12,14H,2-5,10H2,1H3,(H,28,30)(H,29,31)(H,32,33). The molecule has 2 aromatic carbocycles. The van der Waals surface area contributed by atoms with Crippen LogP contribution in [-0.4, -0.2) is 28.9 Å². The highest BCUT2D eigenvalue weighted by Gasteiger charge is 2.28. The molecule has 1 aliphatic carbocycles. The number of hydrogen-bond acceptors (Lipinski definition) is 3. The average molecular weight is 466 g/mol. The third-order valence-corrected chi connectivity index (χ3v) is 5.68. The van der Waals surface area contributed by atoms with Crippen LogP contribution < -0.4 is 10.6 Å². The topological polar surface area (TPSA) is 95.5 Å². The molecule has 2 amide bonds. The molecule has 1 aliphatic rings. The molecule has 2 aromatic rings. The smallest absolute Gasteiger partial charge is 0.306 e. The van der Waals surface area contributed by atoms with Crippen molar-refractivity contribution in [2.75, 3.05) is 5.32 Å². The summed E-state index contributed by atoms with van der Waals surface area (Å²) in [5.41, 5.74) is -0.973. The lowest BCUT2D eigenvalue weighted by molar-refractivity contribution is -0.142. The number of carbonyl (C=O) groups is 3. The summed E-state index contributed by atoms with van der Waals surface area (Å²) in [6.07, 6.45) is 0.971. The van der Waals surface area contributed by atoms with Crippen LogP contribution in [0.1, 0.15) is 47.2 Å². The Hall–Kier alpha value is -3.43. The highest BCUT2D eigenvalue weighted by Crippen LogP contribution is 2.25. The van der Waals surface area contributed by atoms with E-state index < -0.39 is 64.5 Å². The highest BCUT2D eigenvalue weighted by atomic mass is 19.2. The lowest BCUT2D eigenvalue weighted by Crippen LogP contribution is -2.39. The molecular formula is C23H22F4N2O4. The highest BCUT2D eigenvalue weighted by molar-refractivity contribution is 6.04. The van der Waals surface area contributed by atoms with Crippen molar-refractivity contribution in [2.45, 2.75) is 45.1 Å². The van der Waals surface area contributed by atoms with E-state index >= 15 is 0 Å². The van der Waals surface area contributed by atoms with Gasteiger partial charge in [0.05, 0.1) is 17.9 Å². The Morgan fingerprint density at radius 2 is 1.64 bits per heavy atom. The van der Waals surface area contributed by atoms with Gasteiger partial charge in [0.1, 0.15) is 5.82 Å². The molecule has 0 unspecified atom stereocenters. The van der Waals surface area contributed by atoms with Gasteiger partial charge in [0, 0.05) is 17.3 Å². The van der Waals surface area contributed by atoms with Gasteiger partial charge in [0.15, 0.2) is 17.5 Å². The minimum absolute atomic E-state index is 0.124. The fraction of sp³-hybridized carbons (Fsp3) is 0.348. The van der Waals surface area contributed by atoms with Crippen LogP contribution in [0.25, 0.3) is 0 Å². The molecule has 3 N–H and O–H groups in total. The number of aliphatic carboxylic acids is 1. The van der Waals surface area contributed by atoms with Crippen molar-refractivity contribution in [2.24, 2.45) is 5.92 Å². The van der Waals surface area contributed by atoms with Gasteiger partial charge in [0.2, 0.25) is 5.91 Å². The molecule has 1 fully saturated rings. The number of anilines is 1. The van der Waals surface area contributed by atoms with Gasteiger partial charge in [-0.25, -0.2) is 17.6 Å². The van der Waals surface area contributed by atoms with E-state index in [1.54, 1.807) is 0 Å². The molecule has 0 spiro atoms. The van der Waals surface area contributed by atoms with E-state index in [0.717, 1.165) is 12.1 Å². The zero-order valence-electron chi connectivity index (χ0n) is 17.7. The predicted molar refractivity (Wildman–Crippen MR) is 111 cm³/mol. The number of carboxylic acid groups (broad SMARTS) is 1. The SMILES string of the molecule is Cc1cc(NC(=O)c2cc(CC(=O)NC3CCC(C(=O)O)CC3)c(F)c(F)c2F)ccc1F. The number of halogens is 4. The Balaban J connectivity index is 1.72. The number of rotatable bonds is 6. The van der Waals surface area contributed by atoms with Crippen molar-refractivity contribution in [3.05, 3.63) is 64.2 Å². The van der Waals surface area contributed by atoms with E-state index in [2.05, 4.69) is 10.6 Å². The van der Waals surface area contributed by atoms with Gasteiger partial charge < -0.3 is 15.7 Å². The fourth-order valence-electron chi connectivity index (χ4n) is 3.81. The molecule has 3 rings (SSSR count). The molecule has 1 saturated carbocycles. The van der Waals surface area contributed by atoms with Gasteiger partial charge in [-0.05, 0) is 62.4 Å². The molecule has 0 bridgehead atoms. The van der Waals surface area contributed by atoms with Crippen molar-refractivity contribution in [1.82, 2.24) is 5.32 Å². The van der Waals surface area contributed by atoms with E-state index in [-0.39, 0.29) is 17.3 Å². The molecule has 0 radical (unpaired) electrons. The van der Waals surface area contributed by atoms with Gasteiger partial charge in [0.25, 0.3) is 5.91 Å². The molecular weight excluding hydrogens is 444 g/mol. The average Bonchev–Trinajstić information content (AvgIpc) is 2.77. The first-order chi connectivity index (χ1) is 15.6. The van der Waals surface area contributed by atoms with Crippen LogP contribution >= 0.6 is 0 Å². The molecule has 10 heteroatoms. The van der Waals surface area contributed by atoms with Crippen molar-refractivity contribution in [3.8, 4) is 0 Å². The first-order valence-corrected chi connectivity index (χ1v) is 10.3. The second kappa shape index (κ2) is 10.0. The maximum absolute atomic E-state index is 14.3. The van der Waals surface area contributed by atoms with E-state index in [9.17, 15) is 31.9 Å². The number of hydrogen-bond donors (Lipinski definition) is 3. The summed E-state index contributed by atoms with van der Waals surface area (Å²) in [6.45, 7) is 1.45. The van der Waals surface area contributed by atoms with Crippen LogP contribution in [0.4, 0.5) is 23.2 Å². The zero-order chi connectivity index (χ0) is 24.3. The lowest BCUT2D eigenvalue weighted by atomic mass is 9.86. The summed E-state index contributed by atoms with van der Waals surface area (Å²) in [5, 5.41) is 14.0. The summed E-state index contributed by atoms with van der Waals surface area (Å²) in [7, 11) is 0. The van der Waals surface area contributed by atoms with Crippen LogP contribution in [0.3, 0.4) is 0 Å². The summed E-state index contributed by atoms with van der Waals surface area (Å²) in [5.74, 6) is -8.82. The van der Waals surface area contributed by atoms with Crippen molar-refractivity contribution >= 4 is 23.5 Å². The van der Waals surface area contributed by atoms with Crippen LogP contribution in [0.2, 0.25) is 0 Å². The van der Waals surface area contributed by atoms with Crippen LogP contribution in [0, 0.1) is 36.1 Å². The summed E-state index contributed by atoms with van der Waals surface area (Å²) < 4.78 is 56.1. The second-order valence-corrected chi connectivity index (χ2v) is 8.07. The van der Waals surface area contributed by atoms with Crippen molar-refractivity contribution < 1.29 is 37.1 Å². The summed E-state index contributed by atoms with van der Waals surface area (Å²) >= 11 is 0. The van der Waals surface area contributed by atoms with Crippen LogP contribution in [0.15, 0.2) is 24.3 Å². The third kappa shape index (κ3) is 5.68. The van der Waals surface area contributed by atoms with Gasteiger partial charge in [-0.2, -0.15) is 0 Å². The maximum atomic E-state index is 14.3. The zero-order valence-corrected chi connectivity index (χ0v) is 17.7. The first kappa shape index (κ1) is 24.2. The number of amides is 2. The molecule has 0 atom stereocenters. The Labute approximate surface area is 187 Å². The summed E-state index contributed by atoms with van der Waals surface area (Å²) in [4.78, 5) is 35.8. The quantitative estimate of drug-likeness (QED) is 0.441. The Bertz CT molecular complexity index is 1100. The Kier molecular flexibility index (Phi) is 7.35. The van der Waals surface area contributed by atoms with Crippen LogP contribution in [0.5, 0.6) is 0 Å². The van der Waals surface area contributed by atoms with E-state index in [4.69, 9.17) is 5.11 Å². The molecule has 0 aromatic heterocycles. The second-order valence-electron chi connectivity index (χ2n) is 8.07. The normalized spacial score (nSPS) is 18.0. The molecule has 176 valence electrons. The minimum atomic E-state index is -1.89. The number of carboxylic acids is 1. The first-order valence-electron chi connectivity index (χ1n) is 10.3. The Morgan fingerprint density at radius 1 is 0.970 bits per heavy atom. The molecule has 0 aliphatic heterocycles. The maximum Gasteiger partial charge on any atom is 0.306 e.